The number of aromatic hydroxyl groups is 1. The first kappa shape index (κ1) is 15.0. The summed E-state index contributed by atoms with van der Waals surface area (Å²) in [4.78, 5) is 24.4. The second-order valence-electron chi connectivity index (χ2n) is 4.48. The van der Waals surface area contributed by atoms with Gasteiger partial charge in [0.1, 0.15) is 5.75 Å². The van der Waals surface area contributed by atoms with Gasteiger partial charge >= 0.3 is 0 Å². The molecule has 0 aromatic heterocycles. The number of likely N-dealkylation sites (N-methyl/N-ethyl adjacent to an activating group) is 1. The molecular weight excluding hydrogens is 246 g/mol. The Morgan fingerprint density at radius 1 is 1.32 bits per heavy atom. The predicted octanol–water partition coefficient (Wildman–Crippen LogP) is -0.534. The molecule has 0 radical (unpaired) electrons. The number of nitrogens with zero attached hydrogens (tertiary/aromatic N) is 1. The number of nitrogens with one attached hydrogen (secondary N) is 1. The van der Waals surface area contributed by atoms with Crippen LogP contribution in [0.4, 0.5) is 0 Å². The molecule has 0 aliphatic carbocycles. The van der Waals surface area contributed by atoms with Crippen molar-refractivity contribution in [2.75, 3.05) is 20.6 Å². The van der Waals surface area contributed by atoms with Crippen LogP contribution in [0, 0.1) is 0 Å². The molecule has 104 valence electrons. The van der Waals surface area contributed by atoms with Gasteiger partial charge in [0.15, 0.2) is 0 Å². The van der Waals surface area contributed by atoms with Crippen LogP contribution in [0.3, 0.4) is 0 Å². The zero-order valence-electron chi connectivity index (χ0n) is 11.1. The Kier molecular flexibility index (Phi) is 5.32. The summed E-state index contributed by atoms with van der Waals surface area (Å²) in [6.07, 6.45) is 0.349. The first-order valence-corrected chi connectivity index (χ1v) is 5.91. The third-order valence-electron chi connectivity index (χ3n) is 2.64. The van der Waals surface area contributed by atoms with Gasteiger partial charge in [-0.05, 0) is 24.1 Å². The molecule has 0 aliphatic rings. The van der Waals surface area contributed by atoms with Crippen molar-refractivity contribution in [1.82, 2.24) is 10.2 Å². The van der Waals surface area contributed by atoms with E-state index in [0.717, 1.165) is 5.56 Å². The molecule has 0 saturated carbocycles. The van der Waals surface area contributed by atoms with Crippen molar-refractivity contribution in [2.24, 2.45) is 5.73 Å². The Hall–Kier alpha value is -2.08. The number of benzene rings is 1. The summed E-state index contributed by atoms with van der Waals surface area (Å²) in [5.41, 5.74) is 6.60. The van der Waals surface area contributed by atoms with Gasteiger partial charge in [-0.15, -0.1) is 0 Å². The number of nitrogens with two attached hydrogens (primary N) is 1. The second kappa shape index (κ2) is 6.75. The van der Waals surface area contributed by atoms with Crippen molar-refractivity contribution in [1.29, 1.82) is 0 Å². The van der Waals surface area contributed by atoms with Gasteiger partial charge in [0.25, 0.3) is 0 Å². The van der Waals surface area contributed by atoms with Crippen LogP contribution in [0.5, 0.6) is 5.75 Å². The molecule has 4 N–H and O–H groups in total. The van der Waals surface area contributed by atoms with Crippen LogP contribution in [0.2, 0.25) is 0 Å². The van der Waals surface area contributed by atoms with Crippen molar-refractivity contribution in [3.05, 3.63) is 29.8 Å². The number of rotatable bonds is 5. The molecule has 1 rings (SSSR count). The largest absolute Gasteiger partial charge is 0.508 e. The van der Waals surface area contributed by atoms with Crippen LogP contribution < -0.4 is 11.1 Å². The van der Waals surface area contributed by atoms with Crippen molar-refractivity contribution >= 4 is 11.8 Å². The lowest BCUT2D eigenvalue weighted by Crippen LogP contribution is -2.45. The zero-order chi connectivity index (χ0) is 14.4. The lowest BCUT2D eigenvalue weighted by atomic mass is 10.1. The second-order valence-corrected chi connectivity index (χ2v) is 4.48. The number of hydrogen-bond donors (Lipinski definition) is 3. The molecule has 0 bridgehead atoms. The smallest absolute Gasteiger partial charge is 0.241 e. The molecule has 0 fully saturated rings. The van der Waals surface area contributed by atoms with Crippen molar-refractivity contribution < 1.29 is 14.7 Å². The van der Waals surface area contributed by atoms with E-state index in [1.165, 1.54) is 17.0 Å². The van der Waals surface area contributed by atoms with E-state index in [1.54, 1.807) is 26.2 Å². The van der Waals surface area contributed by atoms with Crippen molar-refractivity contribution in [2.45, 2.75) is 12.5 Å². The summed E-state index contributed by atoms with van der Waals surface area (Å²) in [7, 11) is 3.23. The molecular formula is C13H19N3O3. The third kappa shape index (κ3) is 4.97. The minimum atomic E-state index is -0.723. The van der Waals surface area contributed by atoms with E-state index in [4.69, 9.17) is 10.8 Å². The molecule has 6 heteroatoms. The summed E-state index contributed by atoms with van der Waals surface area (Å²) in [6, 6.07) is 5.76. The highest BCUT2D eigenvalue weighted by atomic mass is 16.3. The minimum absolute atomic E-state index is 0.0604. The average molecular weight is 265 g/mol. The summed E-state index contributed by atoms with van der Waals surface area (Å²) < 4.78 is 0. The third-order valence-corrected chi connectivity index (χ3v) is 2.64. The fourth-order valence-electron chi connectivity index (χ4n) is 1.43. The van der Waals surface area contributed by atoms with Gasteiger partial charge in [-0.2, -0.15) is 0 Å². The van der Waals surface area contributed by atoms with Gasteiger partial charge in [-0.3, -0.25) is 9.59 Å². The van der Waals surface area contributed by atoms with Gasteiger partial charge in [-0.1, -0.05) is 12.1 Å². The van der Waals surface area contributed by atoms with Crippen molar-refractivity contribution in [3.8, 4) is 5.75 Å². The average Bonchev–Trinajstić information content (AvgIpc) is 2.37. The summed E-state index contributed by atoms with van der Waals surface area (Å²) >= 11 is 0. The van der Waals surface area contributed by atoms with E-state index in [1.807, 2.05) is 0 Å². The van der Waals surface area contributed by atoms with Gasteiger partial charge in [0.2, 0.25) is 11.8 Å². The van der Waals surface area contributed by atoms with Gasteiger partial charge in [0, 0.05) is 14.1 Å². The molecule has 19 heavy (non-hydrogen) atoms. The van der Waals surface area contributed by atoms with E-state index >= 15 is 0 Å². The normalized spacial score (nSPS) is 11.7. The molecule has 1 aromatic rings. The monoisotopic (exact) mass is 265 g/mol. The van der Waals surface area contributed by atoms with Crippen LogP contribution in [-0.4, -0.2) is 48.5 Å². The summed E-state index contributed by atoms with van der Waals surface area (Å²) in [5, 5.41) is 11.6. The summed E-state index contributed by atoms with van der Waals surface area (Å²) in [6.45, 7) is -0.0604. The highest BCUT2D eigenvalue weighted by Crippen LogP contribution is 2.10. The molecule has 1 aromatic carbocycles. The number of hydrogen-bond acceptors (Lipinski definition) is 4. The highest BCUT2D eigenvalue weighted by Gasteiger charge is 2.15. The first-order chi connectivity index (χ1) is 8.90. The molecule has 0 aliphatic heterocycles. The van der Waals surface area contributed by atoms with Crippen LogP contribution in [0.25, 0.3) is 0 Å². The molecule has 0 saturated heterocycles. The zero-order valence-corrected chi connectivity index (χ0v) is 11.1. The number of phenols is 1. The maximum Gasteiger partial charge on any atom is 0.241 e. The maximum absolute atomic E-state index is 11.7. The lowest BCUT2D eigenvalue weighted by Gasteiger charge is -2.14. The Morgan fingerprint density at radius 3 is 2.42 bits per heavy atom. The molecule has 0 spiro atoms. The van der Waals surface area contributed by atoms with E-state index in [-0.39, 0.29) is 24.1 Å². The van der Waals surface area contributed by atoms with Crippen LogP contribution in [-0.2, 0) is 16.0 Å². The Bertz CT molecular complexity index is 443. The Labute approximate surface area is 112 Å². The van der Waals surface area contributed by atoms with Gasteiger partial charge < -0.3 is 21.1 Å². The highest BCUT2D eigenvalue weighted by molar-refractivity contribution is 5.87. The number of carbonyl (C=O) groups excluding carboxylic acids is 2. The molecule has 1 unspecified atom stereocenters. The van der Waals surface area contributed by atoms with Gasteiger partial charge in [0.05, 0.1) is 12.6 Å². The van der Waals surface area contributed by atoms with Gasteiger partial charge in [-0.25, -0.2) is 0 Å². The SMILES string of the molecule is CN(C)C(=O)CNC(=O)C(N)Cc1ccc(O)cc1. The lowest BCUT2D eigenvalue weighted by molar-refractivity contribution is -0.131. The quantitative estimate of drug-likeness (QED) is 0.666. The van der Waals surface area contributed by atoms with Crippen LogP contribution in [0.1, 0.15) is 5.56 Å². The van der Waals surface area contributed by atoms with E-state index in [9.17, 15) is 9.59 Å². The fraction of sp³-hybridized carbons (Fsp3) is 0.385. The maximum atomic E-state index is 11.7. The Balaban J connectivity index is 2.44. The topological polar surface area (TPSA) is 95.7 Å². The molecule has 0 heterocycles. The molecule has 2 amide bonds. The van der Waals surface area contributed by atoms with E-state index in [0.29, 0.717) is 6.42 Å². The van der Waals surface area contributed by atoms with E-state index < -0.39 is 6.04 Å². The number of amides is 2. The predicted molar refractivity (Wildman–Crippen MR) is 71.5 cm³/mol. The Morgan fingerprint density at radius 2 is 1.89 bits per heavy atom. The standard InChI is InChI=1S/C13H19N3O3/c1-16(2)12(18)8-15-13(19)11(14)7-9-3-5-10(17)6-4-9/h3-6,11,17H,7-8,14H2,1-2H3,(H,15,19). The van der Waals surface area contributed by atoms with Crippen molar-refractivity contribution in [3.63, 3.8) is 0 Å². The summed E-state index contributed by atoms with van der Waals surface area (Å²) in [5.74, 6) is -0.396. The molecule has 6 nitrogen and oxygen atoms in total. The fourth-order valence-corrected chi connectivity index (χ4v) is 1.43. The van der Waals surface area contributed by atoms with Crippen LogP contribution in [0.15, 0.2) is 24.3 Å². The minimum Gasteiger partial charge on any atom is -0.508 e. The number of carbonyl (C=O) groups is 2. The first-order valence-electron chi connectivity index (χ1n) is 5.91. The molecule has 1 atom stereocenters. The van der Waals surface area contributed by atoms with E-state index in [2.05, 4.69) is 5.32 Å². The van der Waals surface area contributed by atoms with Crippen LogP contribution >= 0.6 is 0 Å². The number of phenolic OH excluding ortho intramolecular Hbond substituents is 1.